The fraction of sp³-hybridized carbons (Fsp3) is 0.158. The Hall–Kier alpha value is -3.26. The highest BCUT2D eigenvalue weighted by atomic mass is 32.1. The lowest BCUT2D eigenvalue weighted by Gasteiger charge is -2.11. The van der Waals surface area contributed by atoms with Gasteiger partial charge in [-0.1, -0.05) is 11.6 Å². The Morgan fingerprint density at radius 3 is 2.89 bits per heavy atom. The second kappa shape index (κ2) is 6.81. The first-order chi connectivity index (χ1) is 13.0. The van der Waals surface area contributed by atoms with Gasteiger partial charge in [-0.25, -0.2) is 4.98 Å². The summed E-state index contributed by atoms with van der Waals surface area (Å²) in [6, 6.07) is 9.38. The number of aromatic amines is 1. The minimum Gasteiger partial charge on any atom is -0.324 e. The lowest BCUT2D eigenvalue weighted by atomic mass is 10.1. The number of H-pyrrole nitrogens is 1. The number of aromatic nitrogens is 4. The summed E-state index contributed by atoms with van der Waals surface area (Å²) >= 11 is 1.40. The molecule has 0 aliphatic heterocycles. The molecule has 0 saturated heterocycles. The molecule has 0 spiro atoms. The smallest absolute Gasteiger partial charge is 0.262 e. The molecular weight excluding hydrogens is 362 g/mol. The first-order valence-corrected chi connectivity index (χ1v) is 9.25. The normalized spacial score (nSPS) is 11.0. The third kappa shape index (κ3) is 3.39. The quantitative estimate of drug-likeness (QED) is 0.570. The molecule has 0 fully saturated rings. The van der Waals surface area contributed by atoms with E-state index in [2.05, 4.69) is 20.5 Å². The molecule has 0 bridgehead atoms. The average Bonchev–Trinajstić information content (AvgIpc) is 3.28. The number of fused-ring (bicyclic) bond motifs is 1. The number of carbonyl (C=O) groups excluding carboxylic acids is 1. The van der Waals surface area contributed by atoms with Crippen LogP contribution in [-0.2, 0) is 11.3 Å². The summed E-state index contributed by atoms with van der Waals surface area (Å²) in [7, 11) is 0. The Morgan fingerprint density at radius 2 is 2.11 bits per heavy atom. The van der Waals surface area contributed by atoms with Crippen molar-refractivity contribution in [2.24, 2.45) is 0 Å². The molecule has 0 saturated carbocycles. The van der Waals surface area contributed by atoms with Crippen LogP contribution in [0.5, 0.6) is 0 Å². The van der Waals surface area contributed by atoms with Crippen LogP contribution in [0.2, 0.25) is 0 Å². The molecule has 136 valence electrons. The summed E-state index contributed by atoms with van der Waals surface area (Å²) in [6.45, 7) is 3.80. The van der Waals surface area contributed by atoms with Crippen molar-refractivity contribution < 1.29 is 4.79 Å². The van der Waals surface area contributed by atoms with E-state index in [4.69, 9.17) is 0 Å². The molecule has 1 aromatic carbocycles. The molecular formula is C19H17N5O2S. The molecule has 0 unspecified atom stereocenters. The van der Waals surface area contributed by atoms with E-state index in [0.29, 0.717) is 15.9 Å². The molecule has 0 aliphatic rings. The lowest BCUT2D eigenvalue weighted by molar-refractivity contribution is -0.116. The zero-order valence-electron chi connectivity index (χ0n) is 14.8. The molecule has 2 N–H and O–H groups in total. The third-order valence-electron chi connectivity index (χ3n) is 4.20. The second-order valence-corrected chi connectivity index (χ2v) is 7.25. The molecule has 1 amide bonds. The Labute approximate surface area is 158 Å². The Bertz CT molecular complexity index is 1200. The summed E-state index contributed by atoms with van der Waals surface area (Å²) in [5.41, 5.74) is 4.01. The van der Waals surface area contributed by atoms with Crippen LogP contribution in [0.4, 0.5) is 5.69 Å². The number of carbonyl (C=O) groups is 1. The number of aryl methyl sites for hydroxylation is 2. The van der Waals surface area contributed by atoms with Crippen LogP contribution in [0.25, 0.3) is 21.5 Å². The van der Waals surface area contributed by atoms with Gasteiger partial charge in [0.05, 0.1) is 23.1 Å². The highest BCUT2D eigenvalue weighted by Gasteiger charge is 2.13. The highest BCUT2D eigenvalue weighted by molar-refractivity contribution is 7.16. The van der Waals surface area contributed by atoms with Crippen molar-refractivity contribution in [2.75, 3.05) is 5.32 Å². The first-order valence-electron chi connectivity index (χ1n) is 8.37. The molecule has 0 aliphatic carbocycles. The molecule has 8 heteroatoms. The van der Waals surface area contributed by atoms with Crippen LogP contribution >= 0.6 is 11.3 Å². The summed E-state index contributed by atoms with van der Waals surface area (Å²) < 4.78 is 1.32. The van der Waals surface area contributed by atoms with Crippen molar-refractivity contribution in [1.29, 1.82) is 0 Å². The minimum absolute atomic E-state index is 0.107. The van der Waals surface area contributed by atoms with Crippen molar-refractivity contribution in [3.63, 3.8) is 0 Å². The van der Waals surface area contributed by atoms with E-state index in [1.54, 1.807) is 6.07 Å². The van der Waals surface area contributed by atoms with Crippen molar-refractivity contribution in [3.8, 4) is 11.3 Å². The van der Waals surface area contributed by atoms with Gasteiger partial charge in [-0.2, -0.15) is 5.10 Å². The summed E-state index contributed by atoms with van der Waals surface area (Å²) in [5.74, 6) is -0.300. The standard InChI is InChI=1S/C19H17N5O2S/c1-11-3-4-15(14(7-11)16-8-12(2)22-23-16)21-17(25)9-24-10-20-18-13(19(24)26)5-6-27-18/h3-8,10H,9H2,1-2H3,(H,21,25)(H,22,23). The molecule has 3 heterocycles. The van der Waals surface area contributed by atoms with Gasteiger partial charge in [0.2, 0.25) is 5.91 Å². The van der Waals surface area contributed by atoms with E-state index in [-0.39, 0.29) is 18.0 Å². The zero-order valence-corrected chi connectivity index (χ0v) is 15.6. The predicted octanol–water partition coefficient (Wildman–Crippen LogP) is 3.10. The van der Waals surface area contributed by atoms with Crippen LogP contribution in [0.1, 0.15) is 11.3 Å². The van der Waals surface area contributed by atoms with E-state index in [1.807, 2.05) is 43.5 Å². The fourth-order valence-electron chi connectivity index (χ4n) is 2.89. The van der Waals surface area contributed by atoms with Gasteiger partial charge in [0, 0.05) is 11.3 Å². The number of anilines is 1. The van der Waals surface area contributed by atoms with Crippen LogP contribution in [0.15, 0.2) is 46.8 Å². The topological polar surface area (TPSA) is 92.7 Å². The molecule has 0 atom stereocenters. The summed E-state index contributed by atoms with van der Waals surface area (Å²) in [6.07, 6.45) is 1.41. The van der Waals surface area contributed by atoms with Crippen molar-refractivity contribution in [1.82, 2.24) is 19.7 Å². The van der Waals surface area contributed by atoms with Crippen molar-refractivity contribution in [2.45, 2.75) is 20.4 Å². The number of hydrogen-bond acceptors (Lipinski definition) is 5. The first kappa shape index (κ1) is 17.2. The predicted molar refractivity (Wildman–Crippen MR) is 106 cm³/mol. The molecule has 7 nitrogen and oxygen atoms in total. The number of hydrogen-bond donors (Lipinski definition) is 2. The molecule has 4 aromatic rings. The van der Waals surface area contributed by atoms with Gasteiger partial charge in [-0.15, -0.1) is 11.3 Å². The number of nitrogens with one attached hydrogen (secondary N) is 2. The van der Waals surface area contributed by atoms with E-state index >= 15 is 0 Å². The summed E-state index contributed by atoms with van der Waals surface area (Å²) in [5, 5.41) is 12.4. The zero-order chi connectivity index (χ0) is 19.0. The Balaban J connectivity index is 1.61. The second-order valence-electron chi connectivity index (χ2n) is 6.35. The van der Waals surface area contributed by atoms with Crippen LogP contribution in [-0.4, -0.2) is 25.7 Å². The highest BCUT2D eigenvalue weighted by Crippen LogP contribution is 2.28. The van der Waals surface area contributed by atoms with Gasteiger partial charge < -0.3 is 5.32 Å². The number of thiophene rings is 1. The lowest BCUT2D eigenvalue weighted by Crippen LogP contribution is -2.27. The van der Waals surface area contributed by atoms with Crippen LogP contribution in [0.3, 0.4) is 0 Å². The molecule has 4 rings (SSSR count). The van der Waals surface area contributed by atoms with Crippen LogP contribution in [0, 0.1) is 13.8 Å². The van der Waals surface area contributed by atoms with Gasteiger partial charge in [-0.05, 0) is 43.5 Å². The number of benzene rings is 1. The van der Waals surface area contributed by atoms with E-state index in [1.165, 1.54) is 22.2 Å². The number of rotatable bonds is 4. The van der Waals surface area contributed by atoms with Gasteiger partial charge in [0.15, 0.2) is 0 Å². The van der Waals surface area contributed by atoms with E-state index in [9.17, 15) is 9.59 Å². The molecule has 27 heavy (non-hydrogen) atoms. The largest absolute Gasteiger partial charge is 0.324 e. The van der Waals surface area contributed by atoms with E-state index in [0.717, 1.165) is 22.5 Å². The monoisotopic (exact) mass is 379 g/mol. The SMILES string of the molecule is Cc1ccc(NC(=O)Cn2cnc3sccc3c2=O)c(-c2cc(C)[nH]n2)c1. The maximum absolute atomic E-state index is 12.6. The van der Waals surface area contributed by atoms with Crippen molar-refractivity contribution >= 4 is 33.1 Å². The van der Waals surface area contributed by atoms with E-state index < -0.39 is 0 Å². The van der Waals surface area contributed by atoms with Gasteiger partial charge >= 0.3 is 0 Å². The summed E-state index contributed by atoms with van der Waals surface area (Å²) in [4.78, 5) is 29.9. The van der Waals surface area contributed by atoms with Gasteiger partial charge in [0.25, 0.3) is 5.56 Å². The number of amides is 1. The molecule has 0 radical (unpaired) electrons. The van der Waals surface area contributed by atoms with Gasteiger partial charge in [0.1, 0.15) is 11.4 Å². The Morgan fingerprint density at radius 1 is 1.26 bits per heavy atom. The number of nitrogens with zero attached hydrogens (tertiary/aromatic N) is 3. The minimum atomic E-state index is -0.300. The maximum atomic E-state index is 12.6. The maximum Gasteiger partial charge on any atom is 0.262 e. The average molecular weight is 379 g/mol. The van der Waals surface area contributed by atoms with Crippen molar-refractivity contribution in [3.05, 3.63) is 63.7 Å². The third-order valence-corrected chi connectivity index (χ3v) is 5.02. The van der Waals surface area contributed by atoms with Crippen LogP contribution < -0.4 is 10.9 Å². The van der Waals surface area contributed by atoms with Gasteiger partial charge in [-0.3, -0.25) is 19.3 Å². The molecule has 3 aromatic heterocycles. The Kier molecular flexibility index (Phi) is 4.33. The fourth-order valence-corrected chi connectivity index (χ4v) is 3.61.